The molecule has 24 nitrogen and oxygen atoms in total. The van der Waals surface area contributed by atoms with Gasteiger partial charge in [0.25, 0.3) is 17.7 Å². The van der Waals surface area contributed by atoms with Crippen molar-refractivity contribution in [3.63, 3.8) is 0 Å². The normalized spacial score (nSPS) is 19.9. The molecule has 6 unspecified atom stereocenters. The number of benzene rings is 1. The molecular weight excluding hydrogens is 1060 g/mol. The molecule has 0 bridgehead atoms. The summed E-state index contributed by atoms with van der Waals surface area (Å²) in [5, 5.41) is 30.3. The van der Waals surface area contributed by atoms with Crippen LogP contribution >= 0.6 is 23.5 Å². The molecule has 0 aromatic heterocycles. The van der Waals surface area contributed by atoms with Crippen LogP contribution in [0, 0.1) is 0 Å². The Labute approximate surface area is 473 Å². The third-order valence-electron chi connectivity index (χ3n) is 13.4. The van der Waals surface area contributed by atoms with E-state index < -0.39 is 17.7 Å². The van der Waals surface area contributed by atoms with E-state index in [9.17, 15) is 33.6 Å². The number of nitrogens with two attached hydrogens (primary N) is 1. The zero-order valence-corrected chi connectivity index (χ0v) is 47.6. The Kier molecular flexibility index (Phi) is 32.9. The number of ether oxygens (including phenoxy) is 6. The fourth-order valence-electron chi connectivity index (χ4n) is 9.18. The van der Waals surface area contributed by atoms with Gasteiger partial charge < -0.3 is 87.3 Å². The summed E-state index contributed by atoms with van der Waals surface area (Å²) < 4.78 is 33.7. The number of unbranched alkanes of at least 4 members (excludes halogenated alkanes) is 2. The highest BCUT2D eigenvalue weighted by Gasteiger charge is 2.43. The van der Waals surface area contributed by atoms with Crippen LogP contribution in [0.4, 0.5) is 9.59 Å². The van der Waals surface area contributed by atoms with Gasteiger partial charge in [-0.2, -0.15) is 23.5 Å². The van der Waals surface area contributed by atoms with Gasteiger partial charge in [-0.25, -0.2) is 9.59 Å². The van der Waals surface area contributed by atoms with Crippen LogP contribution in [0.1, 0.15) is 108 Å². The molecule has 12 N–H and O–H groups in total. The Morgan fingerprint density at radius 1 is 0.443 bits per heavy atom. The number of urea groups is 2. The van der Waals surface area contributed by atoms with E-state index in [0.29, 0.717) is 181 Å². The van der Waals surface area contributed by atoms with E-state index in [1.54, 1.807) is 0 Å². The van der Waals surface area contributed by atoms with Crippen LogP contribution in [0.3, 0.4) is 0 Å². The van der Waals surface area contributed by atoms with Gasteiger partial charge in [0.15, 0.2) is 0 Å². The molecule has 9 amide bonds. The van der Waals surface area contributed by atoms with Crippen molar-refractivity contribution in [1.82, 2.24) is 53.2 Å². The Balaban J connectivity index is 0.817. The highest BCUT2D eigenvalue weighted by molar-refractivity contribution is 8.00. The summed E-state index contributed by atoms with van der Waals surface area (Å²) in [7, 11) is 0. The molecule has 4 heterocycles. The number of hydrogen-bond acceptors (Lipinski definition) is 17. The molecule has 26 heteroatoms. The molecule has 4 aliphatic rings. The first-order valence-corrected chi connectivity index (χ1v) is 30.5. The van der Waals surface area contributed by atoms with Gasteiger partial charge in [0, 0.05) is 130 Å². The van der Waals surface area contributed by atoms with Gasteiger partial charge >= 0.3 is 12.1 Å². The van der Waals surface area contributed by atoms with Crippen molar-refractivity contribution in [2.75, 3.05) is 143 Å². The van der Waals surface area contributed by atoms with Crippen LogP contribution in [0.2, 0.25) is 0 Å². The molecule has 1 aromatic rings. The van der Waals surface area contributed by atoms with Crippen molar-refractivity contribution < 1.29 is 62.0 Å². The largest absolute Gasteiger partial charge is 0.379 e. The zero-order chi connectivity index (χ0) is 56.1. The van der Waals surface area contributed by atoms with Crippen LogP contribution < -0.4 is 58.9 Å². The molecule has 1 aromatic carbocycles. The first-order chi connectivity index (χ1) is 38.6. The number of carbonyl (C=O) groups excluding carboxylic acids is 7. The molecule has 0 saturated carbocycles. The molecule has 6 atom stereocenters. The molecule has 0 aliphatic carbocycles. The lowest BCUT2D eigenvalue weighted by Crippen LogP contribution is -2.36. The summed E-state index contributed by atoms with van der Waals surface area (Å²) in [4.78, 5) is 87.1. The van der Waals surface area contributed by atoms with Crippen molar-refractivity contribution in [1.29, 1.82) is 0 Å². The van der Waals surface area contributed by atoms with Gasteiger partial charge in [0.05, 0.1) is 77.0 Å². The summed E-state index contributed by atoms with van der Waals surface area (Å²) in [6, 6.07) is 5.09. The summed E-state index contributed by atoms with van der Waals surface area (Å²) in [5.74, 6) is 0.690. The van der Waals surface area contributed by atoms with Crippen LogP contribution in [0.5, 0.6) is 0 Å². The second-order valence-corrected chi connectivity index (χ2v) is 22.2. The van der Waals surface area contributed by atoms with Crippen molar-refractivity contribution in [3.8, 4) is 0 Å². The van der Waals surface area contributed by atoms with Crippen LogP contribution in [-0.2, 0) is 38.0 Å². The van der Waals surface area contributed by atoms with Crippen molar-refractivity contribution in [3.05, 3.63) is 34.9 Å². The van der Waals surface area contributed by atoms with Gasteiger partial charge in [-0.3, -0.25) is 24.0 Å². The minimum Gasteiger partial charge on any atom is -0.379 e. The number of carbonyl (C=O) groups is 7. The van der Waals surface area contributed by atoms with E-state index in [0.717, 1.165) is 50.0 Å². The highest BCUT2D eigenvalue weighted by Crippen LogP contribution is 2.34. The van der Waals surface area contributed by atoms with Gasteiger partial charge in [-0.1, -0.05) is 12.8 Å². The number of thioether (sulfide) groups is 2. The van der Waals surface area contributed by atoms with Gasteiger partial charge in [0.1, 0.15) is 0 Å². The molecule has 4 aliphatic heterocycles. The van der Waals surface area contributed by atoms with Gasteiger partial charge in [-0.05, 0) is 69.6 Å². The Hall–Kier alpha value is -4.51. The standard InChI is InChI=1S/C53H89N11O13S2/c54-13-18-55-19-20-60-51(69)40-34-38(49(67)58-16-7-23-74-27-31-76-29-25-72-21-5-14-56-45(65)11-3-1-9-43-47-41(36-78-43)61-52(70)63-47)33-39(35-40)50(68)59-17-8-24-75-28-32-77-30-26-73-22-6-15-57-46(66)12-4-2-10-44-48-42(37-79-44)62-53(71)64-48/h33-35,41-44,47-48,55H,1-32,36-37,54H2,(H,56,65)(H,57,66)(H,58,67)(H,59,68)(H,60,69)(H2,61,63,70)(H2,62,64,71). The van der Waals surface area contributed by atoms with E-state index >= 15 is 0 Å². The summed E-state index contributed by atoms with van der Waals surface area (Å²) in [6.45, 7) is 8.67. The monoisotopic (exact) mass is 1150 g/mol. The van der Waals surface area contributed by atoms with Gasteiger partial charge in [0.2, 0.25) is 11.8 Å². The average Bonchev–Trinajstić information content (AvgIpc) is 4.22. The van der Waals surface area contributed by atoms with Crippen LogP contribution in [0.15, 0.2) is 18.2 Å². The van der Waals surface area contributed by atoms with Gasteiger partial charge in [-0.15, -0.1) is 0 Å². The van der Waals surface area contributed by atoms with E-state index in [4.69, 9.17) is 34.2 Å². The molecule has 4 saturated heterocycles. The first-order valence-electron chi connectivity index (χ1n) is 28.4. The highest BCUT2D eigenvalue weighted by atomic mass is 32.2. The number of amides is 9. The molecule has 4 fully saturated rings. The smallest absolute Gasteiger partial charge is 0.315 e. The number of nitrogens with one attached hydrogen (secondary N) is 10. The Morgan fingerprint density at radius 2 is 0.797 bits per heavy atom. The third-order valence-corrected chi connectivity index (χ3v) is 16.4. The number of rotatable bonds is 46. The minimum atomic E-state index is -0.429. The second kappa shape index (κ2) is 39.8. The predicted molar refractivity (Wildman–Crippen MR) is 303 cm³/mol. The maximum absolute atomic E-state index is 13.2. The Morgan fingerprint density at radius 3 is 1.18 bits per heavy atom. The van der Waals surface area contributed by atoms with Crippen molar-refractivity contribution in [2.45, 2.75) is 112 Å². The van der Waals surface area contributed by atoms with E-state index in [1.165, 1.54) is 18.2 Å². The zero-order valence-electron chi connectivity index (χ0n) is 45.9. The fraction of sp³-hybridized carbons (Fsp3) is 0.755. The van der Waals surface area contributed by atoms with Crippen LogP contribution in [-0.4, -0.2) is 219 Å². The minimum absolute atomic E-state index is 0.0447. The quantitative estimate of drug-likeness (QED) is 0.0317. The molecule has 0 spiro atoms. The molecule has 0 radical (unpaired) electrons. The molecule has 446 valence electrons. The fourth-order valence-corrected chi connectivity index (χ4v) is 12.3. The van der Waals surface area contributed by atoms with Crippen molar-refractivity contribution >= 4 is 65.1 Å². The lowest BCUT2D eigenvalue weighted by molar-refractivity contribution is -0.122. The maximum atomic E-state index is 13.2. The van der Waals surface area contributed by atoms with E-state index in [-0.39, 0.29) is 64.7 Å². The lowest BCUT2D eigenvalue weighted by Gasteiger charge is -2.16. The molecular formula is C53H89N11O13S2. The maximum Gasteiger partial charge on any atom is 0.315 e. The Bertz CT molecular complexity index is 1880. The number of fused-ring (bicyclic) bond motifs is 2. The number of hydrogen-bond donors (Lipinski definition) is 11. The lowest BCUT2D eigenvalue weighted by atomic mass is 10.0. The SMILES string of the molecule is NCCNCCNC(=O)c1cc(C(=O)NCCCOCCOCCOCCCNC(=O)CCCCC2SCC3NC(=O)NC32)cc(C(=O)NCCCOCCOCCOCCCNC(=O)CCCCC2SCC3NC(=O)NC32)c1. The van der Waals surface area contributed by atoms with E-state index in [1.807, 2.05) is 23.5 Å². The van der Waals surface area contributed by atoms with Crippen LogP contribution in [0.25, 0.3) is 0 Å². The molecule has 5 rings (SSSR count). The summed E-state index contributed by atoms with van der Waals surface area (Å²) in [5.41, 5.74) is 6.06. The predicted octanol–water partition coefficient (Wildman–Crippen LogP) is 0.768. The average molecular weight is 1150 g/mol. The molecule has 79 heavy (non-hydrogen) atoms. The summed E-state index contributed by atoms with van der Waals surface area (Å²) in [6.07, 6.45) is 9.01. The van der Waals surface area contributed by atoms with Crippen molar-refractivity contribution in [2.24, 2.45) is 5.73 Å². The van der Waals surface area contributed by atoms with E-state index in [2.05, 4.69) is 53.2 Å². The summed E-state index contributed by atoms with van der Waals surface area (Å²) >= 11 is 3.78. The first kappa shape index (κ1) is 65.3. The second-order valence-electron chi connectivity index (χ2n) is 19.6. The third kappa shape index (κ3) is 26.8. The topological polar surface area (TPSA) is 321 Å².